The van der Waals surface area contributed by atoms with E-state index in [2.05, 4.69) is 5.32 Å². The van der Waals surface area contributed by atoms with Crippen LogP contribution in [0.15, 0.2) is 42.5 Å². The van der Waals surface area contributed by atoms with E-state index in [1.165, 1.54) is 0 Å². The first-order chi connectivity index (χ1) is 13.4. The Kier molecular flexibility index (Phi) is 7.87. The van der Waals surface area contributed by atoms with Crippen molar-refractivity contribution >= 4 is 17.6 Å². The number of amides is 1. The number of anilines is 1. The van der Waals surface area contributed by atoms with Gasteiger partial charge in [0, 0.05) is 5.56 Å². The maximum absolute atomic E-state index is 12.5. The van der Waals surface area contributed by atoms with Gasteiger partial charge in [-0.1, -0.05) is 19.4 Å². The van der Waals surface area contributed by atoms with Gasteiger partial charge in [-0.2, -0.15) is 0 Å². The summed E-state index contributed by atoms with van der Waals surface area (Å²) in [7, 11) is 1.56. The highest BCUT2D eigenvalue weighted by molar-refractivity contribution is 6.05. The fraction of sp³-hybridized carbons (Fsp3) is 0.364. The van der Waals surface area contributed by atoms with Crippen LogP contribution in [-0.2, 0) is 9.53 Å². The van der Waals surface area contributed by atoms with Gasteiger partial charge in [0.15, 0.2) is 6.10 Å². The van der Waals surface area contributed by atoms with Gasteiger partial charge in [-0.3, -0.25) is 4.79 Å². The highest BCUT2D eigenvalue weighted by Gasteiger charge is 2.16. The molecular formula is C22H27NO5. The number of benzene rings is 2. The van der Waals surface area contributed by atoms with Gasteiger partial charge in [-0.15, -0.1) is 0 Å². The van der Waals surface area contributed by atoms with E-state index in [4.69, 9.17) is 14.2 Å². The molecule has 28 heavy (non-hydrogen) atoms. The molecule has 6 heteroatoms. The Bertz CT molecular complexity index is 801. The van der Waals surface area contributed by atoms with Crippen molar-refractivity contribution in [1.29, 1.82) is 0 Å². The van der Waals surface area contributed by atoms with E-state index in [0.717, 1.165) is 18.4 Å². The lowest BCUT2D eigenvalue weighted by Gasteiger charge is -2.14. The Morgan fingerprint density at radius 2 is 1.82 bits per heavy atom. The molecule has 0 bridgehead atoms. The van der Waals surface area contributed by atoms with Crippen molar-refractivity contribution < 1.29 is 23.8 Å². The fourth-order valence-electron chi connectivity index (χ4n) is 2.49. The number of hydrogen-bond donors (Lipinski definition) is 1. The number of rotatable bonds is 9. The minimum Gasteiger partial charge on any atom is -0.495 e. The topological polar surface area (TPSA) is 73.9 Å². The molecule has 1 atom stereocenters. The zero-order valence-electron chi connectivity index (χ0n) is 16.8. The number of methoxy groups -OCH3 is 1. The Morgan fingerprint density at radius 3 is 2.46 bits per heavy atom. The molecule has 0 saturated carbocycles. The number of carbonyl (C=O) groups excluding carboxylic acids is 2. The monoisotopic (exact) mass is 385 g/mol. The van der Waals surface area contributed by atoms with E-state index >= 15 is 0 Å². The molecule has 0 aliphatic carbocycles. The van der Waals surface area contributed by atoms with E-state index in [1.54, 1.807) is 38.3 Å². The van der Waals surface area contributed by atoms with Crippen LogP contribution in [-0.4, -0.2) is 31.7 Å². The number of nitrogens with one attached hydrogen (secondary N) is 1. The first-order valence-electron chi connectivity index (χ1n) is 9.34. The van der Waals surface area contributed by atoms with Crippen LogP contribution in [0.3, 0.4) is 0 Å². The molecule has 0 aliphatic rings. The van der Waals surface area contributed by atoms with Crippen molar-refractivity contribution in [2.75, 3.05) is 19.0 Å². The summed E-state index contributed by atoms with van der Waals surface area (Å²) in [4.78, 5) is 24.4. The molecule has 0 radical (unpaired) electrons. The van der Waals surface area contributed by atoms with Crippen molar-refractivity contribution in [3.8, 4) is 11.5 Å². The third kappa shape index (κ3) is 6.01. The standard InChI is InChI=1S/C22H27NO5/c1-5-6-13-27-22(25)16(3)28-18-10-8-17(9-11-18)21(24)23-19-14-15(2)7-12-20(19)26-4/h7-12,14,16H,5-6,13H2,1-4H3,(H,23,24)/t16-/m0/s1. The maximum Gasteiger partial charge on any atom is 0.347 e. The van der Waals surface area contributed by atoms with Crippen LogP contribution >= 0.6 is 0 Å². The summed E-state index contributed by atoms with van der Waals surface area (Å²) in [5.74, 6) is 0.420. The molecule has 2 aromatic rings. The normalized spacial score (nSPS) is 11.4. The third-order valence-electron chi connectivity index (χ3n) is 4.11. The highest BCUT2D eigenvalue weighted by Crippen LogP contribution is 2.26. The molecule has 2 aromatic carbocycles. The molecule has 6 nitrogen and oxygen atoms in total. The third-order valence-corrected chi connectivity index (χ3v) is 4.11. The summed E-state index contributed by atoms with van der Waals surface area (Å²) >= 11 is 0. The Hall–Kier alpha value is -3.02. The van der Waals surface area contributed by atoms with Crippen LogP contribution < -0.4 is 14.8 Å². The van der Waals surface area contributed by atoms with Gasteiger partial charge in [-0.25, -0.2) is 4.79 Å². The summed E-state index contributed by atoms with van der Waals surface area (Å²) in [6.45, 7) is 6.00. The first kappa shape index (κ1) is 21.3. The van der Waals surface area contributed by atoms with Gasteiger partial charge in [-0.05, 0) is 62.2 Å². The summed E-state index contributed by atoms with van der Waals surface area (Å²) < 4.78 is 16.0. The van der Waals surface area contributed by atoms with Crippen molar-refractivity contribution in [1.82, 2.24) is 0 Å². The second kappa shape index (κ2) is 10.3. The van der Waals surface area contributed by atoms with Gasteiger partial charge >= 0.3 is 5.97 Å². The van der Waals surface area contributed by atoms with E-state index in [9.17, 15) is 9.59 Å². The maximum atomic E-state index is 12.5. The lowest BCUT2D eigenvalue weighted by atomic mass is 10.1. The molecule has 0 fully saturated rings. The first-order valence-corrected chi connectivity index (χ1v) is 9.34. The Morgan fingerprint density at radius 1 is 1.11 bits per heavy atom. The summed E-state index contributed by atoms with van der Waals surface area (Å²) in [5, 5.41) is 2.85. The molecule has 0 spiro atoms. The summed E-state index contributed by atoms with van der Waals surface area (Å²) in [6, 6.07) is 12.2. The van der Waals surface area contributed by atoms with Gasteiger partial charge in [0.2, 0.25) is 0 Å². The number of aryl methyl sites for hydroxylation is 1. The molecule has 0 aromatic heterocycles. The van der Waals surface area contributed by atoms with Crippen LogP contribution in [0.25, 0.3) is 0 Å². The zero-order chi connectivity index (χ0) is 20.5. The summed E-state index contributed by atoms with van der Waals surface area (Å²) in [5.41, 5.74) is 2.09. The van der Waals surface area contributed by atoms with Crippen molar-refractivity contribution in [3.05, 3.63) is 53.6 Å². The van der Waals surface area contributed by atoms with Crippen molar-refractivity contribution in [2.45, 2.75) is 39.7 Å². The predicted octanol–water partition coefficient (Wildman–Crippen LogP) is 4.37. The van der Waals surface area contributed by atoms with Crippen LogP contribution in [0, 0.1) is 6.92 Å². The highest BCUT2D eigenvalue weighted by atomic mass is 16.6. The second-order valence-electron chi connectivity index (χ2n) is 6.46. The quantitative estimate of drug-likeness (QED) is 0.513. The molecule has 1 N–H and O–H groups in total. The second-order valence-corrected chi connectivity index (χ2v) is 6.46. The van der Waals surface area contributed by atoms with Gasteiger partial charge in [0.05, 0.1) is 19.4 Å². The number of ether oxygens (including phenoxy) is 3. The van der Waals surface area contributed by atoms with Gasteiger partial charge in [0.25, 0.3) is 5.91 Å². The van der Waals surface area contributed by atoms with Gasteiger partial charge in [0.1, 0.15) is 11.5 Å². The van der Waals surface area contributed by atoms with E-state index in [1.807, 2.05) is 32.0 Å². The average Bonchev–Trinajstić information content (AvgIpc) is 2.68. The average molecular weight is 385 g/mol. The van der Waals surface area contributed by atoms with Crippen molar-refractivity contribution in [3.63, 3.8) is 0 Å². The molecule has 1 amide bonds. The van der Waals surface area contributed by atoms with E-state index in [0.29, 0.717) is 29.4 Å². The van der Waals surface area contributed by atoms with Crippen LogP contribution in [0.1, 0.15) is 42.6 Å². The minimum atomic E-state index is -0.715. The van der Waals surface area contributed by atoms with Crippen molar-refractivity contribution in [2.24, 2.45) is 0 Å². The summed E-state index contributed by atoms with van der Waals surface area (Å²) in [6.07, 6.45) is 1.07. The van der Waals surface area contributed by atoms with Crippen LogP contribution in [0.5, 0.6) is 11.5 Å². The number of carbonyl (C=O) groups is 2. The fourth-order valence-corrected chi connectivity index (χ4v) is 2.49. The zero-order valence-corrected chi connectivity index (χ0v) is 16.8. The molecule has 0 unspecified atom stereocenters. The SMILES string of the molecule is CCCCOC(=O)[C@H](C)Oc1ccc(C(=O)Nc2cc(C)ccc2OC)cc1. The molecule has 0 heterocycles. The smallest absolute Gasteiger partial charge is 0.347 e. The largest absolute Gasteiger partial charge is 0.495 e. The molecule has 2 rings (SSSR count). The van der Waals surface area contributed by atoms with Crippen LogP contribution in [0.4, 0.5) is 5.69 Å². The number of unbranched alkanes of at least 4 members (excludes halogenated alkanes) is 1. The lowest BCUT2D eigenvalue weighted by Crippen LogP contribution is -2.26. The molecular weight excluding hydrogens is 358 g/mol. The van der Waals surface area contributed by atoms with Gasteiger partial charge < -0.3 is 19.5 Å². The number of hydrogen-bond acceptors (Lipinski definition) is 5. The predicted molar refractivity (Wildman–Crippen MR) is 108 cm³/mol. The van der Waals surface area contributed by atoms with E-state index < -0.39 is 12.1 Å². The minimum absolute atomic E-state index is 0.262. The van der Waals surface area contributed by atoms with E-state index in [-0.39, 0.29) is 5.91 Å². The van der Waals surface area contributed by atoms with Crippen LogP contribution in [0.2, 0.25) is 0 Å². The lowest BCUT2D eigenvalue weighted by molar-refractivity contribution is -0.151. The molecule has 150 valence electrons. The number of esters is 1. The Labute approximate surface area is 165 Å². The molecule has 0 aliphatic heterocycles. The Balaban J connectivity index is 1.97. The molecule has 0 saturated heterocycles.